The molecule has 0 unspecified atom stereocenters. The Labute approximate surface area is 126 Å². The van der Waals surface area contributed by atoms with Crippen LogP contribution in [0.4, 0.5) is 5.69 Å². The van der Waals surface area contributed by atoms with Gasteiger partial charge in [-0.2, -0.15) is 0 Å². The van der Waals surface area contributed by atoms with Gasteiger partial charge in [-0.25, -0.2) is 0 Å². The molecule has 0 aliphatic carbocycles. The molecule has 2 aromatic carbocycles. The molecule has 0 spiro atoms. The van der Waals surface area contributed by atoms with E-state index in [2.05, 4.69) is 50.2 Å². The zero-order chi connectivity index (χ0) is 14.8. The fourth-order valence-corrected chi connectivity index (χ4v) is 2.98. The van der Waals surface area contributed by atoms with E-state index in [1.807, 2.05) is 11.0 Å². The Hall–Kier alpha value is -2.09. The lowest BCUT2D eigenvalue weighted by Crippen LogP contribution is -2.36. The zero-order valence-corrected chi connectivity index (χ0v) is 12.7. The Morgan fingerprint density at radius 1 is 1.10 bits per heavy atom. The molecular formula is C19H21NO. The highest BCUT2D eigenvalue weighted by molar-refractivity contribution is 5.95. The largest absolute Gasteiger partial charge is 0.312 e. The van der Waals surface area contributed by atoms with Gasteiger partial charge in [-0.1, -0.05) is 36.4 Å². The average molecular weight is 279 g/mol. The molecule has 2 aromatic rings. The van der Waals surface area contributed by atoms with Gasteiger partial charge in [0.1, 0.15) is 0 Å². The van der Waals surface area contributed by atoms with Crippen molar-refractivity contribution in [3.05, 3.63) is 64.7 Å². The van der Waals surface area contributed by atoms with Gasteiger partial charge in [0.05, 0.1) is 6.42 Å². The Morgan fingerprint density at radius 3 is 2.71 bits per heavy atom. The molecular weight excluding hydrogens is 258 g/mol. The number of hydrogen-bond donors (Lipinski definition) is 0. The molecule has 0 bridgehead atoms. The van der Waals surface area contributed by atoms with Crippen LogP contribution >= 0.6 is 0 Å². The Bertz CT molecular complexity index is 675. The maximum absolute atomic E-state index is 12.7. The first-order valence-electron chi connectivity index (χ1n) is 7.59. The second-order valence-corrected chi connectivity index (χ2v) is 5.87. The van der Waals surface area contributed by atoms with E-state index in [1.165, 1.54) is 16.7 Å². The molecule has 0 N–H and O–H groups in total. The molecule has 3 rings (SSSR count). The van der Waals surface area contributed by atoms with Crippen LogP contribution in [0.2, 0.25) is 0 Å². The lowest BCUT2D eigenvalue weighted by molar-refractivity contribution is -0.118. The minimum Gasteiger partial charge on any atom is -0.312 e. The zero-order valence-electron chi connectivity index (χ0n) is 12.7. The summed E-state index contributed by atoms with van der Waals surface area (Å²) in [5.41, 5.74) is 6.01. The lowest BCUT2D eigenvalue weighted by Gasteiger charge is -2.29. The standard InChI is InChI=1S/C19H21NO/c1-14-9-10-16(12-15(14)2)13-19(21)20-11-5-7-17-6-3-4-8-18(17)20/h3-4,6,8-10,12H,5,7,11,13H2,1-2H3. The summed E-state index contributed by atoms with van der Waals surface area (Å²) < 4.78 is 0. The van der Waals surface area contributed by atoms with Gasteiger partial charge >= 0.3 is 0 Å². The summed E-state index contributed by atoms with van der Waals surface area (Å²) in [5.74, 6) is 0.199. The first-order chi connectivity index (χ1) is 10.1. The van der Waals surface area contributed by atoms with E-state index in [9.17, 15) is 4.79 Å². The molecule has 1 heterocycles. The number of rotatable bonds is 2. The van der Waals surface area contributed by atoms with Crippen molar-refractivity contribution in [3.63, 3.8) is 0 Å². The van der Waals surface area contributed by atoms with Crippen molar-refractivity contribution >= 4 is 11.6 Å². The van der Waals surface area contributed by atoms with Crippen molar-refractivity contribution in [2.24, 2.45) is 0 Å². The van der Waals surface area contributed by atoms with Crippen LogP contribution in [0.3, 0.4) is 0 Å². The summed E-state index contributed by atoms with van der Waals surface area (Å²) in [6.07, 6.45) is 2.61. The van der Waals surface area contributed by atoms with Crippen LogP contribution in [0.25, 0.3) is 0 Å². The van der Waals surface area contributed by atoms with Gasteiger partial charge in [-0.15, -0.1) is 0 Å². The fourth-order valence-electron chi connectivity index (χ4n) is 2.98. The highest BCUT2D eigenvalue weighted by Gasteiger charge is 2.22. The number of anilines is 1. The van der Waals surface area contributed by atoms with Crippen molar-refractivity contribution in [3.8, 4) is 0 Å². The quantitative estimate of drug-likeness (QED) is 0.818. The lowest BCUT2D eigenvalue weighted by atomic mass is 10.00. The molecule has 0 atom stereocenters. The van der Waals surface area contributed by atoms with E-state index in [1.54, 1.807) is 0 Å². The van der Waals surface area contributed by atoms with Crippen molar-refractivity contribution in [1.82, 2.24) is 0 Å². The number of para-hydroxylation sites is 1. The number of nitrogens with zero attached hydrogens (tertiary/aromatic N) is 1. The molecule has 0 saturated carbocycles. The van der Waals surface area contributed by atoms with E-state index < -0.39 is 0 Å². The van der Waals surface area contributed by atoms with Crippen LogP contribution < -0.4 is 4.90 Å². The van der Waals surface area contributed by atoms with Crippen LogP contribution in [0.1, 0.15) is 28.7 Å². The second-order valence-electron chi connectivity index (χ2n) is 5.87. The molecule has 0 fully saturated rings. The van der Waals surface area contributed by atoms with Gasteiger partial charge < -0.3 is 4.90 Å². The maximum Gasteiger partial charge on any atom is 0.231 e. The molecule has 1 aliphatic heterocycles. The Morgan fingerprint density at radius 2 is 1.90 bits per heavy atom. The number of fused-ring (bicyclic) bond motifs is 1. The normalized spacial score (nSPS) is 13.9. The molecule has 21 heavy (non-hydrogen) atoms. The highest BCUT2D eigenvalue weighted by atomic mass is 16.2. The van der Waals surface area contributed by atoms with Gasteiger partial charge in [-0.05, 0) is 55.0 Å². The van der Waals surface area contributed by atoms with Crippen LogP contribution in [-0.2, 0) is 17.6 Å². The summed E-state index contributed by atoms with van der Waals surface area (Å²) in [7, 11) is 0. The molecule has 2 nitrogen and oxygen atoms in total. The van der Waals surface area contributed by atoms with Crippen molar-refractivity contribution in [2.45, 2.75) is 33.1 Å². The molecule has 1 amide bonds. The van der Waals surface area contributed by atoms with Gasteiger partial charge in [-0.3, -0.25) is 4.79 Å². The predicted octanol–water partition coefficient (Wildman–Crippen LogP) is 3.83. The van der Waals surface area contributed by atoms with Crippen LogP contribution in [0.15, 0.2) is 42.5 Å². The topological polar surface area (TPSA) is 20.3 Å². The summed E-state index contributed by atoms with van der Waals surface area (Å²) in [5, 5.41) is 0. The van der Waals surface area contributed by atoms with Crippen LogP contribution in [0.5, 0.6) is 0 Å². The third-order valence-corrected chi connectivity index (χ3v) is 4.34. The summed E-state index contributed by atoms with van der Waals surface area (Å²) in [6.45, 7) is 5.03. The Balaban J connectivity index is 1.81. The van der Waals surface area contributed by atoms with Crippen molar-refractivity contribution in [2.75, 3.05) is 11.4 Å². The highest BCUT2D eigenvalue weighted by Crippen LogP contribution is 2.27. The van der Waals surface area contributed by atoms with E-state index in [4.69, 9.17) is 0 Å². The monoisotopic (exact) mass is 279 g/mol. The minimum absolute atomic E-state index is 0.199. The van der Waals surface area contributed by atoms with Gasteiger partial charge in [0.25, 0.3) is 0 Å². The number of benzene rings is 2. The smallest absolute Gasteiger partial charge is 0.231 e. The molecule has 1 aliphatic rings. The summed E-state index contributed by atoms with van der Waals surface area (Å²) in [6, 6.07) is 14.6. The SMILES string of the molecule is Cc1ccc(CC(=O)N2CCCc3ccccc32)cc1C. The number of aryl methyl sites for hydroxylation is 3. The van der Waals surface area contributed by atoms with E-state index in [0.29, 0.717) is 6.42 Å². The summed E-state index contributed by atoms with van der Waals surface area (Å²) >= 11 is 0. The van der Waals surface area contributed by atoms with Crippen LogP contribution in [-0.4, -0.2) is 12.5 Å². The minimum atomic E-state index is 0.199. The number of carbonyl (C=O) groups excluding carboxylic acids is 1. The van der Waals surface area contributed by atoms with Gasteiger partial charge in [0.15, 0.2) is 0 Å². The van der Waals surface area contributed by atoms with Gasteiger partial charge in [0.2, 0.25) is 5.91 Å². The number of hydrogen-bond acceptors (Lipinski definition) is 1. The average Bonchev–Trinajstić information content (AvgIpc) is 2.50. The van der Waals surface area contributed by atoms with Crippen LogP contribution in [0, 0.1) is 13.8 Å². The first-order valence-corrected chi connectivity index (χ1v) is 7.59. The number of carbonyl (C=O) groups is 1. The van der Waals surface area contributed by atoms with E-state index in [-0.39, 0.29) is 5.91 Å². The van der Waals surface area contributed by atoms with E-state index >= 15 is 0 Å². The molecule has 0 radical (unpaired) electrons. The molecule has 2 heteroatoms. The first kappa shape index (κ1) is 13.9. The second kappa shape index (κ2) is 5.72. The van der Waals surface area contributed by atoms with E-state index in [0.717, 1.165) is 30.6 Å². The molecule has 0 saturated heterocycles. The number of amides is 1. The maximum atomic E-state index is 12.7. The van der Waals surface area contributed by atoms with Gasteiger partial charge in [0, 0.05) is 12.2 Å². The summed E-state index contributed by atoms with van der Waals surface area (Å²) in [4.78, 5) is 14.6. The van der Waals surface area contributed by atoms with Crippen molar-refractivity contribution < 1.29 is 4.79 Å². The molecule has 0 aromatic heterocycles. The third kappa shape index (κ3) is 2.85. The predicted molar refractivity (Wildman–Crippen MR) is 86.7 cm³/mol. The Kier molecular flexibility index (Phi) is 3.78. The van der Waals surface area contributed by atoms with Crippen molar-refractivity contribution in [1.29, 1.82) is 0 Å². The third-order valence-electron chi connectivity index (χ3n) is 4.34. The fraction of sp³-hybridized carbons (Fsp3) is 0.316. The molecule has 108 valence electrons.